The van der Waals surface area contributed by atoms with Crippen LogP contribution in [0.25, 0.3) is 0 Å². The number of thiocarbonyl (C=S) groups is 1. The summed E-state index contributed by atoms with van der Waals surface area (Å²) in [6.07, 6.45) is 3.88. The van der Waals surface area contributed by atoms with Crippen molar-refractivity contribution in [3.63, 3.8) is 0 Å². The maximum absolute atomic E-state index is 6.42. The molecule has 5 heteroatoms. The summed E-state index contributed by atoms with van der Waals surface area (Å²) < 4.78 is 8.19. The van der Waals surface area contributed by atoms with Crippen LogP contribution in [-0.4, -0.2) is 20.9 Å². The maximum Gasteiger partial charge on any atom is 0.222 e. The van der Waals surface area contributed by atoms with E-state index < -0.39 is 0 Å². The molecule has 21 heavy (non-hydrogen) atoms. The van der Waals surface area contributed by atoms with Crippen molar-refractivity contribution in [1.29, 1.82) is 0 Å². The molecule has 2 saturated carbocycles. The van der Waals surface area contributed by atoms with E-state index in [4.69, 9.17) is 22.7 Å². The second-order valence-corrected chi connectivity index (χ2v) is 7.91. The summed E-state index contributed by atoms with van der Waals surface area (Å²) >= 11 is 5.18. The van der Waals surface area contributed by atoms with Gasteiger partial charge in [-0.15, -0.1) is 0 Å². The van der Waals surface area contributed by atoms with Crippen molar-refractivity contribution < 1.29 is 4.74 Å². The summed E-state index contributed by atoms with van der Waals surface area (Å²) in [5, 5.41) is 4.42. The molecule has 3 rings (SSSR count). The third-order valence-corrected chi connectivity index (χ3v) is 6.59. The molecule has 0 aromatic carbocycles. The van der Waals surface area contributed by atoms with Crippen LogP contribution in [0.5, 0.6) is 5.88 Å². The van der Waals surface area contributed by atoms with E-state index in [1.54, 1.807) is 4.68 Å². The normalized spacial score (nSPS) is 33.4. The van der Waals surface area contributed by atoms with Gasteiger partial charge in [-0.05, 0) is 37.5 Å². The van der Waals surface area contributed by atoms with E-state index in [9.17, 15) is 0 Å². The van der Waals surface area contributed by atoms with Gasteiger partial charge in [0.15, 0.2) is 0 Å². The van der Waals surface area contributed by atoms with Gasteiger partial charge in [0.05, 0.1) is 11.3 Å². The van der Waals surface area contributed by atoms with Crippen LogP contribution in [0.4, 0.5) is 0 Å². The van der Waals surface area contributed by atoms with Crippen molar-refractivity contribution in [2.45, 2.75) is 53.1 Å². The molecule has 0 spiro atoms. The van der Waals surface area contributed by atoms with Crippen molar-refractivity contribution in [3.8, 4) is 5.88 Å². The molecule has 2 aliphatic rings. The minimum atomic E-state index is 0.212. The van der Waals surface area contributed by atoms with Crippen molar-refractivity contribution in [1.82, 2.24) is 9.78 Å². The summed E-state index contributed by atoms with van der Waals surface area (Å²) in [6.45, 7) is 9.07. The van der Waals surface area contributed by atoms with Gasteiger partial charge in [-0.25, -0.2) is 4.68 Å². The first-order chi connectivity index (χ1) is 9.68. The van der Waals surface area contributed by atoms with Crippen molar-refractivity contribution >= 4 is 17.2 Å². The summed E-state index contributed by atoms with van der Waals surface area (Å²) in [5.41, 5.74) is 8.03. The van der Waals surface area contributed by atoms with E-state index in [0.29, 0.717) is 10.4 Å². The Bertz CT molecular complexity index is 607. The van der Waals surface area contributed by atoms with Crippen LogP contribution < -0.4 is 10.5 Å². The summed E-state index contributed by atoms with van der Waals surface area (Å²) in [5.74, 6) is 1.48. The highest BCUT2D eigenvalue weighted by atomic mass is 32.1. The quantitative estimate of drug-likeness (QED) is 0.872. The highest BCUT2D eigenvalue weighted by Gasteiger charge is 2.62. The predicted octanol–water partition coefficient (Wildman–Crippen LogP) is 2.96. The van der Waals surface area contributed by atoms with E-state index in [1.807, 2.05) is 14.0 Å². The summed E-state index contributed by atoms with van der Waals surface area (Å²) in [6, 6.07) is 0. The van der Waals surface area contributed by atoms with Crippen LogP contribution in [0, 0.1) is 23.7 Å². The van der Waals surface area contributed by atoms with Crippen LogP contribution in [0.1, 0.15) is 51.3 Å². The molecule has 4 nitrogen and oxygen atoms in total. The van der Waals surface area contributed by atoms with Crippen LogP contribution in [-0.2, 0) is 7.05 Å². The third kappa shape index (κ3) is 1.86. The molecule has 2 bridgehead atoms. The number of fused-ring (bicyclic) bond motifs is 2. The molecule has 2 aliphatic carbocycles. The Hall–Kier alpha value is -1.10. The van der Waals surface area contributed by atoms with Gasteiger partial charge in [-0.1, -0.05) is 33.0 Å². The van der Waals surface area contributed by atoms with Crippen molar-refractivity contribution in [2.24, 2.45) is 29.5 Å². The van der Waals surface area contributed by atoms with Crippen molar-refractivity contribution in [3.05, 3.63) is 11.3 Å². The first-order valence-corrected chi connectivity index (χ1v) is 8.09. The van der Waals surface area contributed by atoms with Gasteiger partial charge in [-0.2, -0.15) is 5.10 Å². The molecule has 1 aromatic heterocycles. The number of aromatic nitrogens is 2. The third-order valence-electron chi connectivity index (χ3n) is 6.38. The standard InChI is InChI=1S/C16H25N3OS/c1-9-12(13(17)21)14(19(5)18-9)20-11-8-10-6-7-16(11,4)15(10,2)3/h10-11H,6-8H2,1-5H3,(H2,17,21). The van der Waals surface area contributed by atoms with Gasteiger partial charge in [0.1, 0.15) is 11.1 Å². The molecule has 0 radical (unpaired) electrons. The first kappa shape index (κ1) is 14.8. The van der Waals surface area contributed by atoms with E-state index >= 15 is 0 Å². The number of aryl methyl sites for hydroxylation is 2. The molecule has 0 aliphatic heterocycles. The van der Waals surface area contributed by atoms with E-state index in [2.05, 4.69) is 25.9 Å². The molecule has 0 saturated heterocycles. The SMILES string of the molecule is Cc1nn(C)c(OC2CC3CCC2(C)C3(C)C)c1C(N)=S. The van der Waals surface area contributed by atoms with E-state index in [0.717, 1.165) is 29.5 Å². The van der Waals surface area contributed by atoms with Crippen molar-refractivity contribution in [2.75, 3.05) is 0 Å². The molecule has 2 N–H and O–H groups in total. The Morgan fingerprint density at radius 2 is 2.10 bits per heavy atom. The summed E-state index contributed by atoms with van der Waals surface area (Å²) in [7, 11) is 1.89. The highest BCUT2D eigenvalue weighted by molar-refractivity contribution is 7.80. The molecule has 116 valence electrons. The fourth-order valence-corrected chi connectivity index (χ4v) is 4.73. The number of rotatable bonds is 3. The zero-order chi connectivity index (χ0) is 15.6. The number of nitrogens with two attached hydrogens (primary N) is 1. The lowest BCUT2D eigenvalue weighted by Gasteiger charge is -2.38. The highest BCUT2D eigenvalue weighted by Crippen LogP contribution is 2.66. The topological polar surface area (TPSA) is 53.1 Å². The van der Waals surface area contributed by atoms with Gasteiger partial charge in [0.25, 0.3) is 0 Å². The van der Waals surface area contributed by atoms with E-state index in [1.165, 1.54) is 12.8 Å². The molecule has 1 aromatic rings. The zero-order valence-electron chi connectivity index (χ0n) is 13.6. The second kappa shape index (κ2) is 4.45. The zero-order valence-corrected chi connectivity index (χ0v) is 14.4. The smallest absolute Gasteiger partial charge is 0.222 e. The Kier molecular flexibility index (Phi) is 3.14. The molecule has 3 unspecified atom stereocenters. The summed E-state index contributed by atoms with van der Waals surface area (Å²) in [4.78, 5) is 0.364. The van der Waals surface area contributed by atoms with E-state index in [-0.39, 0.29) is 11.5 Å². The lowest BCUT2D eigenvalue weighted by atomic mass is 9.70. The lowest BCUT2D eigenvalue weighted by Crippen LogP contribution is -2.39. The number of hydrogen-bond donors (Lipinski definition) is 1. The Labute approximate surface area is 132 Å². The molecule has 1 heterocycles. The molecule has 3 atom stereocenters. The number of ether oxygens (including phenoxy) is 1. The predicted molar refractivity (Wildman–Crippen MR) is 87.5 cm³/mol. The lowest BCUT2D eigenvalue weighted by molar-refractivity contribution is 0.0246. The number of hydrogen-bond acceptors (Lipinski definition) is 3. The Morgan fingerprint density at radius 1 is 1.43 bits per heavy atom. The Morgan fingerprint density at radius 3 is 2.57 bits per heavy atom. The first-order valence-electron chi connectivity index (χ1n) is 7.68. The van der Waals surface area contributed by atoms with Gasteiger partial charge >= 0.3 is 0 Å². The van der Waals surface area contributed by atoms with Gasteiger partial charge in [0, 0.05) is 12.5 Å². The second-order valence-electron chi connectivity index (χ2n) is 7.47. The van der Waals surface area contributed by atoms with Gasteiger partial charge in [0.2, 0.25) is 5.88 Å². The van der Waals surface area contributed by atoms with Crippen LogP contribution >= 0.6 is 12.2 Å². The number of nitrogens with zero attached hydrogens (tertiary/aromatic N) is 2. The van der Waals surface area contributed by atoms with Crippen LogP contribution in [0.15, 0.2) is 0 Å². The molecular formula is C16H25N3OS. The molecular weight excluding hydrogens is 282 g/mol. The fourth-order valence-electron chi connectivity index (χ4n) is 4.50. The minimum Gasteiger partial charge on any atom is -0.473 e. The fraction of sp³-hybridized carbons (Fsp3) is 0.750. The largest absolute Gasteiger partial charge is 0.473 e. The van der Waals surface area contributed by atoms with Crippen LogP contribution in [0.2, 0.25) is 0 Å². The Balaban J connectivity index is 1.95. The maximum atomic E-state index is 6.42. The van der Waals surface area contributed by atoms with Gasteiger partial charge in [-0.3, -0.25) is 0 Å². The average molecular weight is 307 g/mol. The molecule has 0 amide bonds. The minimum absolute atomic E-state index is 0.212. The monoisotopic (exact) mass is 307 g/mol. The van der Waals surface area contributed by atoms with Gasteiger partial charge < -0.3 is 10.5 Å². The molecule has 2 fully saturated rings. The van der Waals surface area contributed by atoms with Crippen LogP contribution in [0.3, 0.4) is 0 Å². The average Bonchev–Trinajstić information content (AvgIpc) is 2.84.